The van der Waals surface area contributed by atoms with E-state index in [0.717, 1.165) is 4.47 Å². The summed E-state index contributed by atoms with van der Waals surface area (Å²) in [5, 5.41) is 13.9. The third-order valence-corrected chi connectivity index (χ3v) is 3.07. The Kier molecular flexibility index (Phi) is 3.61. The molecule has 0 unspecified atom stereocenters. The lowest BCUT2D eigenvalue weighted by molar-refractivity contribution is -0.385. The first-order valence-electron chi connectivity index (χ1n) is 5.13. The standard InChI is InChI=1S/C11H10BrN3O3/c1-7-2-9(12)10(3-11(7)15(16)17)14-5-8-4-13-6-18-8/h2-4,6,14H,5H2,1H3. The van der Waals surface area contributed by atoms with E-state index >= 15 is 0 Å². The van der Waals surface area contributed by atoms with Crippen LogP contribution < -0.4 is 5.32 Å². The molecule has 18 heavy (non-hydrogen) atoms. The van der Waals surface area contributed by atoms with Gasteiger partial charge in [-0.25, -0.2) is 4.98 Å². The largest absolute Gasteiger partial charge is 0.447 e. The van der Waals surface area contributed by atoms with Gasteiger partial charge in [-0.2, -0.15) is 0 Å². The van der Waals surface area contributed by atoms with Crippen molar-refractivity contribution in [1.82, 2.24) is 4.98 Å². The number of benzene rings is 1. The molecule has 1 aromatic carbocycles. The lowest BCUT2D eigenvalue weighted by atomic mass is 10.2. The Bertz CT molecular complexity index is 569. The Labute approximate surface area is 111 Å². The second-order valence-electron chi connectivity index (χ2n) is 3.70. The van der Waals surface area contributed by atoms with Gasteiger partial charge < -0.3 is 9.73 Å². The van der Waals surface area contributed by atoms with Crippen LogP contribution in [-0.2, 0) is 6.54 Å². The van der Waals surface area contributed by atoms with Crippen molar-refractivity contribution >= 4 is 27.3 Å². The van der Waals surface area contributed by atoms with Gasteiger partial charge in [0.25, 0.3) is 5.69 Å². The molecular weight excluding hydrogens is 302 g/mol. The minimum atomic E-state index is -0.401. The van der Waals surface area contributed by atoms with Crippen LogP contribution in [0.1, 0.15) is 11.3 Å². The van der Waals surface area contributed by atoms with E-state index in [-0.39, 0.29) is 5.69 Å². The van der Waals surface area contributed by atoms with Crippen LogP contribution in [0, 0.1) is 17.0 Å². The molecule has 94 valence electrons. The van der Waals surface area contributed by atoms with Gasteiger partial charge in [-0.15, -0.1) is 0 Å². The predicted molar refractivity (Wildman–Crippen MR) is 69.4 cm³/mol. The van der Waals surface area contributed by atoms with Crippen molar-refractivity contribution in [2.45, 2.75) is 13.5 Å². The van der Waals surface area contributed by atoms with E-state index in [1.165, 1.54) is 12.5 Å². The Morgan fingerprint density at radius 1 is 1.56 bits per heavy atom. The van der Waals surface area contributed by atoms with Crippen molar-refractivity contribution in [3.05, 3.63) is 50.6 Å². The Balaban J connectivity index is 2.22. The highest BCUT2D eigenvalue weighted by molar-refractivity contribution is 9.10. The highest BCUT2D eigenvalue weighted by Crippen LogP contribution is 2.30. The number of aryl methyl sites for hydroxylation is 1. The monoisotopic (exact) mass is 311 g/mol. The predicted octanol–water partition coefficient (Wildman–Crippen LogP) is 3.27. The number of rotatable bonds is 4. The molecule has 0 aliphatic heterocycles. The van der Waals surface area contributed by atoms with Crippen LogP contribution in [0.25, 0.3) is 0 Å². The maximum Gasteiger partial charge on any atom is 0.274 e. The summed E-state index contributed by atoms with van der Waals surface area (Å²) in [7, 11) is 0. The molecule has 6 nitrogen and oxygen atoms in total. The topological polar surface area (TPSA) is 81.2 Å². The van der Waals surface area contributed by atoms with E-state index in [4.69, 9.17) is 4.42 Å². The molecular formula is C11H10BrN3O3. The highest BCUT2D eigenvalue weighted by atomic mass is 79.9. The first-order chi connectivity index (χ1) is 8.58. The zero-order valence-corrected chi connectivity index (χ0v) is 11.1. The highest BCUT2D eigenvalue weighted by Gasteiger charge is 2.14. The number of nitro groups is 1. The molecule has 0 aliphatic rings. The molecule has 0 aliphatic carbocycles. The lowest BCUT2D eigenvalue weighted by Crippen LogP contribution is -2.01. The summed E-state index contributed by atoms with van der Waals surface area (Å²) in [5.41, 5.74) is 1.33. The fraction of sp³-hybridized carbons (Fsp3) is 0.182. The summed E-state index contributed by atoms with van der Waals surface area (Å²) < 4.78 is 5.84. The molecule has 0 saturated heterocycles. The number of nitro benzene ring substituents is 1. The Morgan fingerprint density at radius 3 is 2.94 bits per heavy atom. The summed E-state index contributed by atoms with van der Waals surface area (Å²) in [6.07, 6.45) is 2.92. The maximum absolute atomic E-state index is 10.9. The number of halogens is 1. The summed E-state index contributed by atoms with van der Waals surface area (Å²) in [5.74, 6) is 0.658. The van der Waals surface area contributed by atoms with Crippen LogP contribution in [-0.4, -0.2) is 9.91 Å². The molecule has 7 heteroatoms. The quantitative estimate of drug-likeness (QED) is 0.692. The first kappa shape index (κ1) is 12.6. The van der Waals surface area contributed by atoms with Gasteiger partial charge in [0.15, 0.2) is 6.39 Å². The molecule has 0 radical (unpaired) electrons. The van der Waals surface area contributed by atoms with Crippen molar-refractivity contribution in [2.24, 2.45) is 0 Å². The van der Waals surface area contributed by atoms with Gasteiger partial charge in [0.05, 0.1) is 23.4 Å². The Hall–Kier alpha value is -1.89. The number of aromatic nitrogens is 1. The number of nitrogens with zero attached hydrogens (tertiary/aromatic N) is 2. The second-order valence-corrected chi connectivity index (χ2v) is 4.55. The number of hydrogen-bond donors (Lipinski definition) is 1. The third kappa shape index (κ3) is 2.67. The number of anilines is 1. The molecule has 1 heterocycles. The van der Waals surface area contributed by atoms with E-state index in [1.54, 1.807) is 19.2 Å². The third-order valence-electron chi connectivity index (χ3n) is 2.42. The van der Waals surface area contributed by atoms with Crippen LogP contribution in [0.4, 0.5) is 11.4 Å². The van der Waals surface area contributed by atoms with Crippen LogP contribution in [0.2, 0.25) is 0 Å². The van der Waals surface area contributed by atoms with Crippen LogP contribution in [0.15, 0.2) is 33.6 Å². The zero-order valence-electron chi connectivity index (χ0n) is 9.51. The van der Waals surface area contributed by atoms with E-state index in [2.05, 4.69) is 26.2 Å². The van der Waals surface area contributed by atoms with Gasteiger partial charge in [-0.05, 0) is 28.9 Å². The van der Waals surface area contributed by atoms with Crippen LogP contribution in [0.3, 0.4) is 0 Å². The average molecular weight is 312 g/mol. The van der Waals surface area contributed by atoms with Crippen molar-refractivity contribution < 1.29 is 9.34 Å². The van der Waals surface area contributed by atoms with E-state index in [9.17, 15) is 10.1 Å². The second kappa shape index (κ2) is 5.18. The molecule has 0 atom stereocenters. The molecule has 2 aromatic rings. The van der Waals surface area contributed by atoms with Gasteiger partial charge >= 0.3 is 0 Å². The van der Waals surface area contributed by atoms with Crippen molar-refractivity contribution in [3.8, 4) is 0 Å². The molecule has 0 saturated carbocycles. The van der Waals surface area contributed by atoms with Gasteiger partial charge in [0, 0.05) is 16.1 Å². The number of hydrogen-bond acceptors (Lipinski definition) is 5. The summed E-state index contributed by atoms with van der Waals surface area (Å²) in [6.45, 7) is 2.11. The summed E-state index contributed by atoms with van der Waals surface area (Å²) in [4.78, 5) is 14.2. The van der Waals surface area contributed by atoms with E-state index in [0.29, 0.717) is 23.6 Å². The number of oxazole rings is 1. The van der Waals surface area contributed by atoms with Gasteiger partial charge in [-0.1, -0.05) is 0 Å². The molecule has 1 aromatic heterocycles. The van der Waals surface area contributed by atoms with Gasteiger partial charge in [0.2, 0.25) is 0 Å². The minimum Gasteiger partial charge on any atom is -0.447 e. The molecule has 2 rings (SSSR count). The van der Waals surface area contributed by atoms with E-state index < -0.39 is 4.92 Å². The molecule has 0 fully saturated rings. The van der Waals surface area contributed by atoms with Gasteiger partial charge in [-0.3, -0.25) is 10.1 Å². The molecule has 0 bridgehead atoms. The smallest absolute Gasteiger partial charge is 0.274 e. The van der Waals surface area contributed by atoms with Gasteiger partial charge in [0.1, 0.15) is 5.76 Å². The van der Waals surface area contributed by atoms with Crippen molar-refractivity contribution in [3.63, 3.8) is 0 Å². The van der Waals surface area contributed by atoms with Crippen molar-refractivity contribution in [2.75, 3.05) is 5.32 Å². The van der Waals surface area contributed by atoms with Crippen LogP contribution in [0.5, 0.6) is 0 Å². The van der Waals surface area contributed by atoms with E-state index in [1.807, 2.05) is 0 Å². The normalized spacial score (nSPS) is 10.3. The van der Waals surface area contributed by atoms with Crippen molar-refractivity contribution in [1.29, 1.82) is 0 Å². The summed E-state index contributed by atoms with van der Waals surface area (Å²) in [6, 6.07) is 3.20. The Morgan fingerprint density at radius 2 is 2.33 bits per heavy atom. The maximum atomic E-state index is 10.9. The average Bonchev–Trinajstić information content (AvgIpc) is 2.80. The molecule has 0 spiro atoms. The fourth-order valence-corrected chi connectivity index (χ4v) is 2.10. The number of nitrogens with one attached hydrogen (secondary N) is 1. The van der Waals surface area contributed by atoms with Crippen LogP contribution >= 0.6 is 15.9 Å². The molecule has 0 amide bonds. The fourth-order valence-electron chi connectivity index (χ4n) is 1.51. The SMILES string of the molecule is Cc1cc(Br)c(NCc2cnco2)cc1[N+](=O)[O-]. The minimum absolute atomic E-state index is 0.0817. The zero-order chi connectivity index (χ0) is 13.1. The molecule has 1 N–H and O–H groups in total. The first-order valence-corrected chi connectivity index (χ1v) is 5.93. The lowest BCUT2D eigenvalue weighted by Gasteiger charge is -2.08. The summed E-state index contributed by atoms with van der Waals surface area (Å²) >= 11 is 3.36.